The first-order valence-corrected chi connectivity index (χ1v) is 8.29. The minimum absolute atomic E-state index is 0.0111. The number of aromatic nitrogens is 5. The Hall–Kier alpha value is -3.33. The summed E-state index contributed by atoms with van der Waals surface area (Å²) in [5, 5.41) is 23.8. The molecule has 0 fully saturated rings. The van der Waals surface area contributed by atoms with E-state index in [4.69, 9.17) is 5.11 Å². The molecule has 3 heterocycles. The number of hydrogen-bond acceptors (Lipinski definition) is 5. The zero-order chi connectivity index (χ0) is 18.8. The van der Waals surface area contributed by atoms with Gasteiger partial charge in [0.1, 0.15) is 17.5 Å². The number of aliphatic hydroxyl groups is 1. The Morgan fingerprint density at radius 2 is 2.07 bits per heavy atom. The summed E-state index contributed by atoms with van der Waals surface area (Å²) >= 11 is 0. The molecule has 3 N–H and O–H groups in total. The largest absolute Gasteiger partial charge is 0.394 e. The smallest absolute Gasteiger partial charge is 0.132 e. The lowest BCUT2D eigenvalue weighted by Crippen LogP contribution is -2.02. The van der Waals surface area contributed by atoms with Gasteiger partial charge in [-0.25, -0.2) is 13.8 Å². The van der Waals surface area contributed by atoms with Crippen LogP contribution in [0.2, 0.25) is 0 Å². The molecule has 4 aromatic rings. The van der Waals surface area contributed by atoms with E-state index in [0.29, 0.717) is 23.7 Å². The number of rotatable bonds is 6. The molecule has 0 saturated carbocycles. The fourth-order valence-electron chi connectivity index (χ4n) is 2.87. The number of hydrogen-bond donors (Lipinski definition) is 3. The van der Waals surface area contributed by atoms with E-state index in [0.717, 1.165) is 23.0 Å². The van der Waals surface area contributed by atoms with Crippen LogP contribution in [0.25, 0.3) is 10.9 Å². The first kappa shape index (κ1) is 17.1. The second kappa shape index (κ2) is 7.12. The third-order valence-corrected chi connectivity index (χ3v) is 4.12. The number of nitrogens with zero attached hydrogens (tertiary/aromatic N) is 4. The molecular weight excluding hydrogens is 354 g/mol. The number of pyridine rings is 1. The van der Waals surface area contributed by atoms with Gasteiger partial charge in [0.05, 0.1) is 42.4 Å². The van der Waals surface area contributed by atoms with E-state index in [-0.39, 0.29) is 18.6 Å². The molecule has 0 aliphatic carbocycles. The zero-order valence-electron chi connectivity index (χ0n) is 14.2. The maximum absolute atomic E-state index is 14.0. The molecule has 0 saturated heterocycles. The molecule has 0 atom stereocenters. The summed E-state index contributed by atoms with van der Waals surface area (Å²) in [5.41, 5.74) is 2.20. The standard InChI is InChI=1S/C18H16F2N6O/c19-12-1-2-15(20)11(5-12)6-16-14-9-21-25-17(14)7-18(24-16)23-13-8-22-26(10-13)3-4-27/h1-2,5,7-10,27H,3-4,6H2,(H,21,25)(H,23,24). The molecule has 1 aromatic carbocycles. The maximum atomic E-state index is 14.0. The Labute approximate surface area is 152 Å². The summed E-state index contributed by atoms with van der Waals surface area (Å²) in [7, 11) is 0. The second-order valence-corrected chi connectivity index (χ2v) is 6.04. The van der Waals surface area contributed by atoms with Crippen molar-refractivity contribution >= 4 is 22.4 Å². The molecule has 3 aromatic heterocycles. The summed E-state index contributed by atoms with van der Waals surface area (Å²) in [5.74, 6) is -0.471. The minimum atomic E-state index is -0.500. The van der Waals surface area contributed by atoms with E-state index in [1.807, 2.05) is 0 Å². The van der Waals surface area contributed by atoms with Crippen LogP contribution in [0.3, 0.4) is 0 Å². The van der Waals surface area contributed by atoms with Crippen molar-refractivity contribution in [2.45, 2.75) is 13.0 Å². The van der Waals surface area contributed by atoms with Gasteiger partial charge in [-0.15, -0.1) is 0 Å². The van der Waals surface area contributed by atoms with Crippen LogP contribution >= 0.6 is 0 Å². The average molecular weight is 370 g/mol. The average Bonchev–Trinajstić information content (AvgIpc) is 3.28. The van der Waals surface area contributed by atoms with Crippen molar-refractivity contribution in [2.24, 2.45) is 0 Å². The quantitative estimate of drug-likeness (QED) is 0.485. The van der Waals surface area contributed by atoms with Gasteiger partial charge in [0.2, 0.25) is 0 Å². The zero-order valence-corrected chi connectivity index (χ0v) is 14.2. The van der Waals surface area contributed by atoms with Gasteiger partial charge >= 0.3 is 0 Å². The predicted molar refractivity (Wildman–Crippen MR) is 95.6 cm³/mol. The van der Waals surface area contributed by atoms with Gasteiger partial charge in [0, 0.05) is 24.1 Å². The molecule has 7 nitrogen and oxygen atoms in total. The normalized spacial score (nSPS) is 11.2. The number of H-pyrrole nitrogens is 1. The number of aromatic amines is 1. The van der Waals surface area contributed by atoms with Gasteiger partial charge in [0.25, 0.3) is 0 Å². The molecule has 0 amide bonds. The maximum Gasteiger partial charge on any atom is 0.132 e. The van der Waals surface area contributed by atoms with Crippen LogP contribution in [0, 0.1) is 11.6 Å². The number of halogens is 2. The Kier molecular flexibility index (Phi) is 4.51. The topological polar surface area (TPSA) is 91.7 Å². The van der Waals surface area contributed by atoms with E-state index in [9.17, 15) is 8.78 Å². The van der Waals surface area contributed by atoms with Crippen LogP contribution in [-0.4, -0.2) is 36.7 Å². The number of nitrogens with one attached hydrogen (secondary N) is 2. The highest BCUT2D eigenvalue weighted by molar-refractivity contribution is 5.83. The third-order valence-electron chi connectivity index (χ3n) is 4.12. The van der Waals surface area contributed by atoms with Gasteiger partial charge < -0.3 is 10.4 Å². The van der Waals surface area contributed by atoms with Crippen LogP contribution in [0.1, 0.15) is 11.3 Å². The SMILES string of the molecule is OCCn1cc(Nc2cc3[nH]ncc3c(Cc3cc(F)ccc3F)n2)cn1. The Morgan fingerprint density at radius 3 is 2.93 bits per heavy atom. The van der Waals surface area contributed by atoms with Gasteiger partial charge in [-0.05, 0) is 23.8 Å². The summed E-state index contributed by atoms with van der Waals surface area (Å²) < 4.78 is 29.1. The molecule has 4 rings (SSSR count). The molecule has 138 valence electrons. The fourth-order valence-corrected chi connectivity index (χ4v) is 2.87. The number of anilines is 2. The van der Waals surface area contributed by atoms with Crippen LogP contribution in [0.5, 0.6) is 0 Å². The molecule has 0 bridgehead atoms. The van der Waals surface area contributed by atoms with Crippen molar-refractivity contribution in [3.63, 3.8) is 0 Å². The summed E-state index contributed by atoms with van der Waals surface area (Å²) in [4.78, 5) is 4.54. The second-order valence-electron chi connectivity index (χ2n) is 6.04. The number of benzene rings is 1. The van der Waals surface area contributed by atoms with Crippen LogP contribution in [-0.2, 0) is 13.0 Å². The molecule has 0 radical (unpaired) electrons. The number of fused-ring (bicyclic) bond motifs is 1. The fraction of sp³-hybridized carbons (Fsp3) is 0.167. The van der Waals surface area contributed by atoms with Gasteiger partial charge in [-0.2, -0.15) is 10.2 Å². The predicted octanol–water partition coefficient (Wildman–Crippen LogP) is 2.76. The first-order valence-electron chi connectivity index (χ1n) is 8.29. The van der Waals surface area contributed by atoms with Crippen molar-refractivity contribution < 1.29 is 13.9 Å². The minimum Gasteiger partial charge on any atom is -0.394 e. The van der Waals surface area contributed by atoms with Crippen molar-refractivity contribution in [2.75, 3.05) is 11.9 Å². The molecular formula is C18H16F2N6O. The van der Waals surface area contributed by atoms with Gasteiger partial charge in [0.15, 0.2) is 0 Å². The van der Waals surface area contributed by atoms with E-state index in [1.54, 1.807) is 29.3 Å². The lowest BCUT2D eigenvalue weighted by molar-refractivity contribution is 0.269. The lowest BCUT2D eigenvalue weighted by atomic mass is 10.1. The summed E-state index contributed by atoms with van der Waals surface area (Å²) in [6.07, 6.45) is 5.08. The van der Waals surface area contributed by atoms with E-state index in [1.165, 1.54) is 6.07 Å². The molecule has 9 heteroatoms. The first-order chi connectivity index (χ1) is 13.1. The van der Waals surface area contributed by atoms with Crippen LogP contribution in [0.4, 0.5) is 20.3 Å². The molecule has 0 unspecified atom stereocenters. The Balaban J connectivity index is 1.67. The lowest BCUT2D eigenvalue weighted by Gasteiger charge is -2.09. The van der Waals surface area contributed by atoms with Gasteiger partial charge in [-0.3, -0.25) is 9.78 Å². The highest BCUT2D eigenvalue weighted by Crippen LogP contribution is 2.24. The molecule has 27 heavy (non-hydrogen) atoms. The van der Waals surface area contributed by atoms with Crippen molar-refractivity contribution in [3.8, 4) is 0 Å². The number of aliphatic hydroxyl groups excluding tert-OH is 1. The summed E-state index contributed by atoms with van der Waals surface area (Å²) in [6, 6.07) is 5.13. The van der Waals surface area contributed by atoms with E-state index < -0.39 is 11.6 Å². The molecule has 0 spiro atoms. The molecule has 0 aliphatic rings. The van der Waals surface area contributed by atoms with Crippen molar-refractivity contribution in [1.29, 1.82) is 0 Å². The molecule has 0 aliphatic heterocycles. The highest BCUT2D eigenvalue weighted by atomic mass is 19.1. The van der Waals surface area contributed by atoms with Crippen molar-refractivity contribution in [1.82, 2.24) is 25.0 Å². The summed E-state index contributed by atoms with van der Waals surface area (Å²) in [6.45, 7) is 0.377. The highest BCUT2D eigenvalue weighted by Gasteiger charge is 2.13. The van der Waals surface area contributed by atoms with Crippen LogP contribution in [0.15, 0.2) is 42.9 Å². The van der Waals surface area contributed by atoms with Crippen LogP contribution < -0.4 is 5.32 Å². The Bertz CT molecular complexity index is 1090. The van der Waals surface area contributed by atoms with E-state index >= 15 is 0 Å². The van der Waals surface area contributed by atoms with Gasteiger partial charge in [-0.1, -0.05) is 0 Å². The van der Waals surface area contributed by atoms with Crippen molar-refractivity contribution in [3.05, 3.63) is 65.7 Å². The Morgan fingerprint density at radius 1 is 1.19 bits per heavy atom. The third kappa shape index (κ3) is 3.63. The van der Waals surface area contributed by atoms with E-state index in [2.05, 4.69) is 25.6 Å². The monoisotopic (exact) mass is 370 g/mol.